The molecule has 0 aliphatic carbocycles. The van der Waals surface area contributed by atoms with Gasteiger partial charge in [0.25, 0.3) is 0 Å². The second kappa shape index (κ2) is 5.84. The average molecular weight is 338 g/mol. The number of benzene rings is 1. The first-order chi connectivity index (χ1) is 8.57. The molecule has 19 heavy (non-hydrogen) atoms. The Kier molecular flexibility index (Phi) is 5.08. The molecule has 10 heteroatoms. The van der Waals surface area contributed by atoms with Crippen molar-refractivity contribution in [3.63, 3.8) is 0 Å². The summed E-state index contributed by atoms with van der Waals surface area (Å²) in [7, 11) is -4.48. The molecule has 0 radical (unpaired) electrons. The van der Waals surface area contributed by atoms with E-state index in [1.165, 1.54) is 10.8 Å². The molecule has 1 rings (SSSR count). The van der Waals surface area contributed by atoms with Crippen molar-refractivity contribution in [2.75, 3.05) is 6.54 Å². The number of aliphatic hydroxyl groups excluding tert-OH is 1. The average Bonchev–Trinajstić information content (AvgIpc) is 2.28. The zero-order valence-electron chi connectivity index (χ0n) is 9.13. The minimum atomic E-state index is -4.70. The summed E-state index contributed by atoms with van der Waals surface area (Å²) in [6.07, 6.45) is -4.70. The van der Waals surface area contributed by atoms with E-state index in [9.17, 15) is 21.6 Å². The summed E-state index contributed by atoms with van der Waals surface area (Å²) in [5, 5.41) is 8.51. The molecule has 0 atom stereocenters. The van der Waals surface area contributed by atoms with Gasteiger partial charge in [-0.2, -0.15) is 13.2 Å². The monoisotopic (exact) mass is 337 g/mol. The van der Waals surface area contributed by atoms with E-state index in [0.717, 1.165) is 6.07 Å². The van der Waals surface area contributed by atoms with Crippen molar-refractivity contribution in [1.82, 2.24) is 4.72 Å². The molecule has 0 amide bonds. The van der Waals surface area contributed by atoms with E-state index in [1.807, 2.05) is 0 Å². The molecule has 0 fully saturated rings. The van der Waals surface area contributed by atoms with Gasteiger partial charge >= 0.3 is 6.18 Å². The Morgan fingerprint density at radius 1 is 1.26 bits per heavy atom. The third-order valence-electron chi connectivity index (χ3n) is 2.00. The lowest BCUT2D eigenvalue weighted by atomic mass is 10.2. The van der Waals surface area contributed by atoms with Crippen LogP contribution in [0.25, 0.3) is 0 Å². The Morgan fingerprint density at radius 3 is 2.32 bits per heavy atom. The second-order valence-electron chi connectivity index (χ2n) is 3.47. The summed E-state index contributed by atoms with van der Waals surface area (Å²) in [6.45, 7) is -2.33. The summed E-state index contributed by atoms with van der Waals surface area (Å²) in [5.41, 5.74) is 0.00144. The number of sulfonamides is 1. The van der Waals surface area contributed by atoms with Crippen LogP contribution in [0.1, 0.15) is 5.56 Å². The molecule has 1 aromatic carbocycles. The number of alkyl halides is 3. The molecule has 0 saturated heterocycles. The zero-order chi connectivity index (χ0) is 14.8. The summed E-state index contributed by atoms with van der Waals surface area (Å²) < 4.78 is 60.7. The quantitative estimate of drug-likeness (QED) is 0.886. The molecule has 0 saturated carbocycles. The maximum Gasteiger partial charge on any atom is 0.402 e. The van der Waals surface area contributed by atoms with Gasteiger partial charge in [0.1, 0.15) is 11.4 Å². The highest BCUT2D eigenvalue weighted by atomic mass is 35.5. The standard InChI is InChI=1S/C9H8Cl2F3NO3S/c10-6-1-5(3-16)8(11)7(2-6)19(17,18)15-4-9(12,13)14/h1-2,15-16H,3-4H2. The predicted octanol–water partition coefficient (Wildman–Crippen LogP) is 2.33. The number of rotatable bonds is 4. The molecule has 2 N–H and O–H groups in total. The molecular weight excluding hydrogens is 330 g/mol. The van der Waals surface area contributed by atoms with Crippen LogP contribution in [0.2, 0.25) is 10.0 Å². The minimum absolute atomic E-state index is 0.00144. The van der Waals surface area contributed by atoms with Crippen LogP contribution in [0.4, 0.5) is 13.2 Å². The highest BCUT2D eigenvalue weighted by Gasteiger charge is 2.31. The Balaban J connectivity index is 3.18. The van der Waals surface area contributed by atoms with Gasteiger partial charge < -0.3 is 5.11 Å². The predicted molar refractivity (Wildman–Crippen MR) is 63.6 cm³/mol. The first-order valence-electron chi connectivity index (χ1n) is 4.72. The highest BCUT2D eigenvalue weighted by Crippen LogP contribution is 2.29. The van der Waals surface area contributed by atoms with Gasteiger partial charge in [-0.25, -0.2) is 13.1 Å². The van der Waals surface area contributed by atoms with E-state index in [-0.39, 0.29) is 15.6 Å². The largest absolute Gasteiger partial charge is 0.402 e. The van der Waals surface area contributed by atoms with Crippen LogP contribution in [-0.2, 0) is 16.6 Å². The molecule has 0 bridgehead atoms. The third-order valence-corrected chi connectivity index (χ3v) is 4.20. The summed E-state index contributed by atoms with van der Waals surface area (Å²) in [4.78, 5) is -0.616. The maximum atomic E-state index is 12.0. The zero-order valence-corrected chi connectivity index (χ0v) is 11.5. The Hall–Kier alpha value is -0.540. The smallest absolute Gasteiger partial charge is 0.392 e. The van der Waals surface area contributed by atoms with E-state index in [1.54, 1.807) is 0 Å². The molecule has 1 aromatic rings. The van der Waals surface area contributed by atoms with E-state index in [0.29, 0.717) is 0 Å². The molecule has 108 valence electrons. The van der Waals surface area contributed by atoms with E-state index in [2.05, 4.69) is 0 Å². The number of hydrogen-bond acceptors (Lipinski definition) is 3. The van der Waals surface area contributed by atoms with Crippen LogP contribution in [0.3, 0.4) is 0 Å². The molecule has 0 unspecified atom stereocenters. The normalized spacial score (nSPS) is 12.7. The van der Waals surface area contributed by atoms with Crippen molar-refractivity contribution < 1.29 is 26.7 Å². The van der Waals surface area contributed by atoms with Crippen molar-refractivity contribution in [3.8, 4) is 0 Å². The fraction of sp³-hybridized carbons (Fsp3) is 0.333. The van der Waals surface area contributed by atoms with Gasteiger partial charge in [-0.15, -0.1) is 0 Å². The van der Waals surface area contributed by atoms with Gasteiger partial charge in [-0.3, -0.25) is 0 Å². The van der Waals surface area contributed by atoms with E-state index >= 15 is 0 Å². The van der Waals surface area contributed by atoms with Crippen LogP contribution in [0, 0.1) is 0 Å². The topological polar surface area (TPSA) is 66.4 Å². The van der Waals surface area contributed by atoms with Gasteiger partial charge in [0.05, 0.1) is 11.6 Å². The van der Waals surface area contributed by atoms with Crippen molar-refractivity contribution >= 4 is 33.2 Å². The van der Waals surface area contributed by atoms with Crippen LogP contribution in [-0.4, -0.2) is 26.2 Å². The van der Waals surface area contributed by atoms with Crippen LogP contribution < -0.4 is 4.72 Å². The number of nitrogens with one attached hydrogen (secondary N) is 1. The van der Waals surface area contributed by atoms with Gasteiger partial charge in [-0.05, 0) is 17.7 Å². The molecule has 4 nitrogen and oxygen atoms in total. The summed E-state index contributed by atoms with van der Waals surface area (Å²) in [5.74, 6) is 0. The van der Waals surface area contributed by atoms with Gasteiger partial charge in [-0.1, -0.05) is 23.2 Å². The fourth-order valence-corrected chi connectivity index (χ4v) is 3.12. The molecule has 0 aliphatic rings. The van der Waals surface area contributed by atoms with Crippen LogP contribution >= 0.6 is 23.2 Å². The lowest BCUT2D eigenvalue weighted by Crippen LogP contribution is -2.34. The first kappa shape index (κ1) is 16.5. The number of aliphatic hydroxyl groups is 1. The molecule has 0 aliphatic heterocycles. The lowest BCUT2D eigenvalue weighted by Gasteiger charge is -2.12. The summed E-state index contributed by atoms with van der Waals surface area (Å²) in [6, 6.07) is 2.12. The fourth-order valence-electron chi connectivity index (χ4n) is 1.18. The van der Waals surface area contributed by atoms with E-state index < -0.39 is 34.2 Å². The molecular formula is C9H8Cl2F3NO3S. The highest BCUT2D eigenvalue weighted by molar-refractivity contribution is 7.89. The van der Waals surface area contributed by atoms with Crippen LogP contribution in [0.15, 0.2) is 17.0 Å². The van der Waals surface area contributed by atoms with E-state index in [4.69, 9.17) is 28.3 Å². The first-order valence-corrected chi connectivity index (χ1v) is 6.96. The van der Waals surface area contributed by atoms with Crippen molar-refractivity contribution in [2.45, 2.75) is 17.7 Å². The Morgan fingerprint density at radius 2 is 1.84 bits per heavy atom. The summed E-state index contributed by atoms with van der Waals surface area (Å²) >= 11 is 11.3. The Bertz CT molecular complexity index is 575. The number of hydrogen-bond donors (Lipinski definition) is 2. The SMILES string of the molecule is O=S(=O)(NCC(F)(F)F)c1cc(Cl)cc(CO)c1Cl. The maximum absolute atomic E-state index is 12.0. The lowest BCUT2D eigenvalue weighted by molar-refractivity contribution is -0.121. The van der Waals surface area contributed by atoms with Crippen molar-refractivity contribution in [2.24, 2.45) is 0 Å². The molecule has 0 spiro atoms. The number of halogens is 5. The van der Waals surface area contributed by atoms with Gasteiger partial charge in [0.2, 0.25) is 10.0 Å². The second-order valence-corrected chi connectivity index (χ2v) is 6.02. The van der Waals surface area contributed by atoms with Crippen molar-refractivity contribution in [3.05, 3.63) is 27.7 Å². The van der Waals surface area contributed by atoms with Gasteiger partial charge in [0.15, 0.2) is 0 Å². The molecule has 0 aromatic heterocycles. The third kappa shape index (κ3) is 4.50. The van der Waals surface area contributed by atoms with Crippen molar-refractivity contribution in [1.29, 1.82) is 0 Å². The van der Waals surface area contributed by atoms with Gasteiger partial charge in [0, 0.05) is 5.02 Å². The Labute approximate surface area is 117 Å². The minimum Gasteiger partial charge on any atom is -0.392 e. The molecule has 0 heterocycles. The van der Waals surface area contributed by atoms with Crippen LogP contribution in [0.5, 0.6) is 0 Å².